The molecule has 2 heterocycles. The van der Waals surface area contributed by atoms with Crippen molar-refractivity contribution in [3.63, 3.8) is 0 Å². The van der Waals surface area contributed by atoms with Crippen LogP contribution in [0.5, 0.6) is 0 Å². The molecule has 0 spiro atoms. The summed E-state index contributed by atoms with van der Waals surface area (Å²) in [6, 6.07) is 6.19. The molecule has 2 aromatic rings. The van der Waals surface area contributed by atoms with Crippen molar-refractivity contribution >= 4 is 17.3 Å². The maximum Gasteiger partial charge on any atom is 0.191 e. The number of nitrogens with one attached hydrogen (secondary N) is 2. The van der Waals surface area contributed by atoms with Gasteiger partial charge in [-0.1, -0.05) is 13.0 Å². The molecule has 2 aromatic heterocycles. The molecule has 0 bridgehead atoms. The van der Waals surface area contributed by atoms with Gasteiger partial charge in [0.05, 0.1) is 13.1 Å². The topological polar surface area (TPSA) is 54.2 Å². The fourth-order valence-corrected chi connectivity index (χ4v) is 2.73. The first-order valence-electron chi connectivity index (χ1n) is 7.32. The van der Waals surface area contributed by atoms with E-state index in [0.29, 0.717) is 5.92 Å². The normalized spacial score (nSPS) is 13.1. The van der Waals surface area contributed by atoms with Crippen molar-refractivity contribution in [1.82, 2.24) is 20.4 Å². The standard InChI is InChI=1S/C15H23N5S/c1-3-16-15(17-8-10-20-9-5-7-19-20)18-12-13(2)14-6-4-11-21-14/h4-7,9,11,13H,3,8,10,12H2,1-2H3,(H2,16,17,18). The van der Waals surface area contributed by atoms with Crippen LogP contribution < -0.4 is 10.6 Å². The first kappa shape index (κ1) is 15.6. The van der Waals surface area contributed by atoms with Crippen molar-refractivity contribution in [3.05, 3.63) is 40.8 Å². The fraction of sp³-hybridized carbons (Fsp3) is 0.467. The molecule has 6 heteroatoms. The number of thiophene rings is 1. The molecule has 5 nitrogen and oxygen atoms in total. The third-order valence-corrected chi connectivity index (χ3v) is 4.19. The molecular weight excluding hydrogens is 282 g/mol. The Balaban J connectivity index is 1.81. The molecule has 0 saturated carbocycles. The lowest BCUT2D eigenvalue weighted by Gasteiger charge is -2.13. The first-order chi connectivity index (χ1) is 10.3. The highest BCUT2D eigenvalue weighted by molar-refractivity contribution is 7.10. The van der Waals surface area contributed by atoms with Crippen molar-refractivity contribution in [3.8, 4) is 0 Å². The Morgan fingerprint density at radius 2 is 2.33 bits per heavy atom. The van der Waals surface area contributed by atoms with Crippen LogP contribution in [0.3, 0.4) is 0 Å². The molecule has 0 radical (unpaired) electrons. The second kappa shape index (κ2) is 8.46. The molecular formula is C15H23N5S. The van der Waals surface area contributed by atoms with Gasteiger partial charge >= 0.3 is 0 Å². The summed E-state index contributed by atoms with van der Waals surface area (Å²) in [5, 5.41) is 12.9. The molecule has 0 amide bonds. The van der Waals surface area contributed by atoms with E-state index in [1.165, 1.54) is 4.88 Å². The summed E-state index contributed by atoms with van der Waals surface area (Å²) in [7, 11) is 0. The predicted octanol–water partition coefficient (Wildman–Crippen LogP) is 2.30. The smallest absolute Gasteiger partial charge is 0.191 e. The Morgan fingerprint density at radius 1 is 1.43 bits per heavy atom. The monoisotopic (exact) mass is 305 g/mol. The lowest BCUT2D eigenvalue weighted by atomic mass is 10.1. The quantitative estimate of drug-likeness (QED) is 0.609. The van der Waals surface area contributed by atoms with Crippen LogP contribution in [0.4, 0.5) is 0 Å². The highest BCUT2D eigenvalue weighted by Gasteiger charge is 2.06. The zero-order valence-corrected chi connectivity index (χ0v) is 13.4. The Kier molecular flexibility index (Phi) is 6.27. The molecule has 2 rings (SSSR count). The minimum atomic E-state index is 0.451. The number of rotatable bonds is 7. The van der Waals surface area contributed by atoms with Gasteiger partial charge < -0.3 is 10.6 Å². The Labute approximate surface area is 130 Å². The van der Waals surface area contributed by atoms with Crippen LogP contribution in [-0.2, 0) is 6.54 Å². The average molecular weight is 305 g/mol. The summed E-state index contributed by atoms with van der Waals surface area (Å²) < 4.78 is 1.91. The second-order valence-corrected chi connectivity index (χ2v) is 5.81. The molecule has 0 aromatic carbocycles. The Bertz CT molecular complexity index is 518. The lowest BCUT2D eigenvalue weighted by molar-refractivity contribution is 0.597. The molecule has 114 valence electrons. The van der Waals surface area contributed by atoms with Crippen molar-refractivity contribution in [1.29, 1.82) is 0 Å². The van der Waals surface area contributed by atoms with E-state index < -0.39 is 0 Å². The molecule has 0 aliphatic rings. The number of guanidine groups is 1. The number of nitrogens with zero attached hydrogens (tertiary/aromatic N) is 3. The minimum absolute atomic E-state index is 0.451. The Morgan fingerprint density at radius 3 is 3.00 bits per heavy atom. The molecule has 0 aliphatic carbocycles. The van der Waals surface area contributed by atoms with Gasteiger partial charge in [0.25, 0.3) is 0 Å². The highest BCUT2D eigenvalue weighted by Crippen LogP contribution is 2.20. The van der Waals surface area contributed by atoms with Gasteiger partial charge in [0.15, 0.2) is 5.96 Å². The zero-order valence-electron chi connectivity index (χ0n) is 12.6. The van der Waals surface area contributed by atoms with Crippen molar-refractivity contribution < 1.29 is 0 Å². The van der Waals surface area contributed by atoms with E-state index in [2.05, 4.69) is 52.1 Å². The van der Waals surface area contributed by atoms with Crippen LogP contribution in [0.2, 0.25) is 0 Å². The van der Waals surface area contributed by atoms with Crippen LogP contribution in [0, 0.1) is 0 Å². The summed E-state index contributed by atoms with van der Waals surface area (Å²) in [5.41, 5.74) is 0. The van der Waals surface area contributed by atoms with Crippen LogP contribution >= 0.6 is 11.3 Å². The van der Waals surface area contributed by atoms with Crippen LogP contribution in [0.25, 0.3) is 0 Å². The molecule has 1 atom stereocenters. The molecule has 0 aliphatic heterocycles. The van der Waals surface area contributed by atoms with Crippen LogP contribution in [-0.4, -0.2) is 35.4 Å². The largest absolute Gasteiger partial charge is 0.357 e. The number of aliphatic imine (C=N–C) groups is 1. The van der Waals surface area contributed by atoms with E-state index in [9.17, 15) is 0 Å². The van der Waals surface area contributed by atoms with E-state index in [4.69, 9.17) is 0 Å². The van der Waals surface area contributed by atoms with Crippen molar-refractivity contribution in [2.75, 3.05) is 19.6 Å². The maximum absolute atomic E-state index is 4.66. The van der Waals surface area contributed by atoms with Crippen molar-refractivity contribution in [2.24, 2.45) is 4.99 Å². The van der Waals surface area contributed by atoms with Crippen LogP contribution in [0.15, 0.2) is 41.0 Å². The van der Waals surface area contributed by atoms with Gasteiger partial charge in [0.1, 0.15) is 0 Å². The van der Waals surface area contributed by atoms with Gasteiger partial charge in [-0.25, -0.2) is 0 Å². The molecule has 1 unspecified atom stereocenters. The minimum Gasteiger partial charge on any atom is -0.357 e. The summed E-state index contributed by atoms with van der Waals surface area (Å²) in [4.78, 5) is 6.04. The van der Waals surface area contributed by atoms with Gasteiger partial charge in [0, 0.05) is 36.3 Å². The number of hydrogen-bond donors (Lipinski definition) is 2. The summed E-state index contributed by atoms with van der Waals surface area (Å²) in [6.45, 7) is 7.58. The van der Waals surface area contributed by atoms with Gasteiger partial charge in [-0.3, -0.25) is 9.67 Å². The number of hydrogen-bond acceptors (Lipinski definition) is 3. The first-order valence-corrected chi connectivity index (χ1v) is 8.20. The lowest BCUT2D eigenvalue weighted by Crippen LogP contribution is -2.39. The van der Waals surface area contributed by atoms with E-state index in [1.807, 2.05) is 16.9 Å². The van der Waals surface area contributed by atoms with Crippen LogP contribution in [0.1, 0.15) is 24.6 Å². The molecule has 2 N–H and O–H groups in total. The molecule has 0 saturated heterocycles. The van der Waals surface area contributed by atoms with Crippen molar-refractivity contribution in [2.45, 2.75) is 26.3 Å². The Hall–Kier alpha value is -1.82. The molecule has 0 fully saturated rings. The van der Waals surface area contributed by atoms with E-state index in [0.717, 1.165) is 32.1 Å². The predicted molar refractivity (Wildman–Crippen MR) is 88.9 cm³/mol. The van der Waals surface area contributed by atoms with Gasteiger partial charge in [-0.2, -0.15) is 5.10 Å². The van der Waals surface area contributed by atoms with E-state index in [-0.39, 0.29) is 0 Å². The maximum atomic E-state index is 4.66. The summed E-state index contributed by atoms with van der Waals surface area (Å²) >= 11 is 1.79. The molecule has 21 heavy (non-hydrogen) atoms. The van der Waals surface area contributed by atoms with E-state index in [1.54, 1.807) is 17.5 Å². The van der Waals surface area contributed by atoms with Gasteiger partial charge in [-0.15, -0.1) is 11.3 Å². The third-order valence-electron chi connectivity index (χ3n) is 3.09. The highest BCUT2D eigenvalue weighted by atomic mass is 32.1. The third kappa shape index (κ3) is 5.23. The second-order valence-electron chi connectivity index (χ2n) is 4.83. The fourth-order valence-electron chi connectivity index (χ4n) is 1.95. The summed E-state index contributed by atoms with van der Waals surface area (Å²) in [5.74, 6) is 1.32. The summed E-state index contributed by atoms with van der Waals surface area (Å²) in [6.07, 6.45) is 3.76. The van der Waals surface area contributed by atoms with Gasteiger partial charge in [-0.05, 0) is 24.4 Å². The van der Waals surface area contributed by atoms with Gasteiger partial charge in [0.2, 0.25) is 0 Å². The SMILES string of the molecule is CCNC(=NCC(C)c1cccs1)NCCn1cccn1. The zero-order chi connectivity index (χ0) is 14.9. The van der Waals surface area contributed by atoms with E-state index >= 15 is 0 Å². The average Bonchev–Trinajstić information content (AvgIpc) is 3.17. The number of aromatic nitrogens is 2.